The molecular formula is C15H24N2O4S. The van der Waals surface area contributed by atoms with Crippen molar-refractivity contribution in [3.8, 4) is 0 Å². The molecule has 1 unspecified atom stereocenters. The van der Waals surface area contributed by atoms with Crippen molar-refractivity contribution in [2.45, 2.75) is 39.2 Å². The first kappa shape index (κ1) is 17.1. The number of rotatable bonds is 4. The largest absolute Gasteiger partial charge is 0.450 e. The number of piperidine rings is 1. The molecule has 2 fully saturated rings. The molecule has 0 bridgehead atoms. The molecule has 22 heavy (non-hydrogen) atoms. The Morgan fingerprint density at radius 2 is 2.00 bits per heavy atom. The zero-order valence-corrected chi connectivity index (χ0v) is 14.1. The smallest absolute Gasteiger partial charge is 0.409 e. The predicted molar refractivity (Wildman–Crippen MR) is 84.6 cm³/mol. The molecule has 2 aliphatic rings. The van der Waals surface area contributed by atoms with Crippen molar-refractivity contribution in [1.82, 2.24) is 9.80 Å². The van der Waals surface area contributed by atoms with E-state index in [1.54, 1.807) is 18.7 Å². The lowest BCUT2D eigenvalue weighted by atomic mass is 10.0. The molecule has 0 saturated carbocycles. The molecule has 2 saturated heterocycles. The predicted octanol–water partition coefficient (Wildman–Crippen LogP) is 1.74. The topological polar surface area (TPSA) is 66.9 Å². The van der Waals surface area contributed by atoms with Gasteiger partial charge < -0.3 is 14.5 Å². The van der Waals surface area contributed by atoms with Crippen LogP contribution in [0.25, 0.3) is 0 Å². The summed E-state index contributed by atoms with van der Waals surface area (Å²) in [6.07, 6.45) is 1.89. The zero-order valence-electron chi connectivity index (χ0n) is 13.2. The summed E-state index contributed by atoms with van der Waals surface area (Å²) < 4.78 is 5.01. The number of amides is 2. The Balaban J connectivity index is 1.80. The number of carbonyl (C=O) groups excluding carboxylic acids is 3. The van der Waals surface area contributed by atoms with Crippen molar-refractivity contribution in [2.75, 3.05) is 32.0 Å². The number of nitrogens with zero attached hydrogens (tertiary/aromatic N) is 2. The SMILES string of the molecule is CCOC(=O)N1CCC(N2CC(CSC(C)=O)CC2=O)CC1. The van der Waals surface area contributed by atoms with Gasteiger partial charge in [-0.1, -0.05) is 11.8 Å². The van der Waals surface area contributed by atoms with Gasteiger partial charge in [0.2, 0.25) is 5.91 Å². The minimum absolute atomic E-state index is 0.105. The van der Waals surface area contributed by atoms with Crippen LogP contribution in [0.4, 0.5) is 4.79 Å². The molecule has 2 amide bonds. The minimum atomic E-state index is -0.260. The summed E-state index contributed by atoms with van der Waals surface area (Å²) >= 11 is 1.30. The zero-order chi connectivity index (χ0) is 16.1. The molecule has 2 heterocycles. The maximum atomic E-state index is 12.2. The Morgan fingerprint density at radius 3 is 2.59 bits per heavy atom. The molecule has 0 aromatic heterocycles. The van der Waals surface area contributed by atoms with Crippen LogP contribution in [0, 0.1) is 5.92 Å². The van der Waals surface area contributed by atoms with Crippen LogP contribution >= 0.6 is 11.8 Å². The molecular weight excluding hydrogens is 304 g/mol. The highest BCUT2D eigenvalue weighted by Crippen LogP contribution is 2.27. The van der Waals surface area contributed by atoms with E-state index >= 15 is 0 Å². The van der Waals surface area contributed by atoms with Gasteiger partial charge in [0, 0.05) is 44.8 Å². The number of likely N-dealkylation sites (tertiary alicyclic amines) is 2. The highest BCUT2D eigenvalue weighted by Gasteiger charge is 2.36. The average Bonchev–Trinajstić information content (AvgIpc) is 2.86. The Kier molecular flexibility index (Phi) is 6.11. The number of ether oxygens (including phenoxy) is 1. The first-order valence-corrected chi connectivity index (χ1v) is 8.84. The summed E-state index contributed by atoms with van der Waals surface area (Å²) in [7, 11) is 0. The lowest BCUT2D eigenvalue weighted by molar-refractivity contribution is -0.130. The van der Waals surface area contributed by atoms with Crippen LogP contribution in [-0.2, 0) is 14.3 Å². The van der Waals surface area contributed by atoms with Gasteiger partial charge in [0.25, 0.3) is 0 Å². The molecule has 0 aromatic rings. The maximum Gasteiger partial charge on any atom is 0.409 e. The standard InChI is InChI=1S/C15H24N2O4S/c1-3-21-15(20)16-6-4-13(5-7-16)17-9-12(8-14(17)19)10-22-11(2)18/h12-13H,3-10H2,1-2H3. The highest BCUT2D eigenvalue weighted by molar-refractivity contribution is 8.13. The van der Waals surface area contributed by atoms with Gasteiger partial charge in [-0.15, -0.1) is 0 Å². The van der Waals surface area contributed by atoms with Gasteiger partial charge in [-0.05, 0) is 25.7 Å². The van der Waals surface area contributed by atoms with Crippen LogP contribution in [0.15, 0.2) is 0 Å². The second-order valence-electron chi connectivity index (χ2n) is 5.84. The van der Waals surface area contributed by atoms with Crippen LogP contribution < -0.4 is 0 Å². The van der Waals surface area contributed by atoms with Gasteiger partial charge in [0.05, 0.1) is 6.61 Å². The van der Waals surface area contributed by atoms with Crippen LogP contribution in [-0.4, -0.2) is 65.0 Å². The monoisotopic (exact) mass is 328 g/mol. The summed E-state index contributed by atoms with van der Waals surface area (Å²) in [5.41, 5.74) is 0. The lowest BCUT2D eigenvalue weighted by Crippen LogP contribution is -2.47. The van der Waals surface area contributed by atoms with Gasteiger partial charge in [-0.3, -0.25) is 9.59 Å². The van der Waals surface area contributed by atoms with Gasteiger partial charge in [-0.25, -0.2) is 4.79 Å². The van der Waals surface area contributed by atoms with E-state index in [2.05, 4.69) is 0 Å². The summed E-state index contributed by atoms with van der Waals surface area (Å²) in [4.78, 5) is 38.6. The van der Waals surface area contributed by atoms with E-state index < -0.39 is 0 Å². The molecule has 2 aliphatic heterocycles. The van der Waals surface area contributed by atoms with E-state index in [1.165, 1.54) is 11.8 Å². The van der Waals surface area contributed by atoms with Crippen molar-refractivity contribution >= 4 is 28.9 Å². The van der Waals surface area contributed by atoms with Crippen LogP contribution in [0.2, 0.25) is 0 Å². The number of hydrogen-bond acceptors (Lipinski definition) is 5. The summed E-state index contributed by atoms with van der Waals surface area (Å²) in [6.45, 7) is 5.76. The normalized spacial score (nSPS) is 23.0. The fourth-order valence-corrected chi connectivity index (χ4v) is 3.78. The Morgan fingerprint density at radius 1 is 1.32 bits per heavy atom. The van der Waals surface area contributed by atoms with Crippen LogP contribution in [0.3, 0.4) is 0 Å². The van der Waals surface area contributed by atoms with E-state index in [9.17, 15) is 14.4 Å². The molecule has 0 spiro atoms. The Bertz CT molecular complexity index is 435. The lowest BCUT2D eigenvalue weighted by Gasteiger charge is -2.36. The maximum absolute atomic E-state index is 12.2. The second kappa shape index (κ2) is 7.85. The summed E-state index contributed by atoms with van der Waals surface area (Å²) in [5, 5.41) is 0.105. The summed E-state index contributed by atoms with van der Waals surface area (Å²) in [6, 6.07) is 0.213. The van der Waals surface area contributed by atoms with Crippen molar-refractivity contribution in [2.24, 2.45) is 5.92 Å². The van der Waals surface area contributed by atoms with Crippen molar-refractivity contribution in [3.05, 3.63) is 0 Å². The number of carbonyl (C=O) groups is 3. The number of hydrogen-bond donors (Lipinski definition) is 0. The van der Waals surface area contributed by atoms with Crippen molar-refractivity contribution in [1.29, 1.82) is 0 Å². The number of thioether (sulfide) groups is 1. The molecule has 1 atom stereocenters. The molecule has 0 radical (unpaired) electrons. The van der Waals surface area contributed by atoms with Gasteiger partial charge in [0.1, 0.15) is 0 Å². The van der Waals surface area contributed by atoms with Crippen molar-refractivity contribution in [3.63, 3.8) is 0 Å². The van der Waals surface area contributed by atoms with E-state index in [1.807, 2.05) is 4.90 Å². The molecule has 0 aliphatic carbocycles. The highest BCUT2D eigenvalue weighted by atomic mass is 32.2. The average molecular weight is 328 g/mol. The van der Waals surface area contributed by atoms with E-state index in [-0.39, 0.29) is 29.1 Å². The Hall–Kier alpha value is -1.24. The fourth-order valence-electron chi connectivity index (χ4n) is 3.08. The molecule has 0 aromatic carbocycles. The third-order valence-corrected chi connectivity index (χ3v) is 5.24. The van der Waals surface area contributed by atoms with Gasteiger partial charge >= 0.3 is 6.09 Å². The van der Waals surface area contributed by atoms with Gasteiger partial charge in [-0.2, -0.15) is 0 Å². The van der Waals surface area contributed by atoms with Gasteiger partial charge in [0.15, 0.2) is 5.12 Å². The van der Waals surface area contributed by atoms with Crippen LogP contribution in [0.1, 0.15) is 33.1 Å². The third-order valence-electron chi connectivity index (χ3n) is 4.19. The Labute approximate surface area is 135 Å². The van der Waals surface area contributed by atoms with E-state index in [0.29, 0.717) is 26.1 Å². The first-order chi connectivity index (χ1) is 10.5. The summed E-state index contributed by atoms with van der Waals surface area (Å²) in [5.74, 6) is 1.17. The fraction of sp³-hybridized carbons (Fsp3) is 0.800. The first-order valence-electron chi connectivity index (χ1n) is 7.85. The van der Waals surface area contributed by atoms with Crippen LogP contribution in [0.5, 0.6) is 0 Å². The minimum Gasteiger partial charge on any atom is -0.450 e. The molecule has 2 rings (SSSR count). The third kappa shape index (κ3) is 4.38. The second-order valence-corrected chi connectivity index (χ2v) is 7.03. The van der Waals surface area contributed by atoms with E-state index in [0.717, 1.165) is 25.1 Å². The van der Waals surface area contributed by atoms with Crippen molar-refractivity contribution < 1.29 is 19.1 Å². The molecule has 6 nitrogen and oxygen atoms in total. The molecule has 0 N–H and O–H groups in total. The molecule has 124 valence electrons. The van der Waals surface area contributed by atoms with E-state index in [4.69, 9.17) is 4.74 Å². The quantitative estimate of drug-likeness (QED) is 0.786. The molecule has 7 heteroatoms.